The Labute approximate surface area is 115 Å². The van der Waals surface area contributed by atoms with E-state index in [9.17, 15) is 13.2 Å². The van der Waals surface area contributed by atoms with Gasteiger partial charge in [0.15, 0.2) is 0 Å². The van der Waals surface area contributed by atoms with E-state index in [0.717, 1.165) is 25.7 Å². The van der Waals surface area contributed by atoms with E-state index >= 15 is 0 Å². The highest BCUT2D eigenvalue weighted by Crippen LogP contribution is 2.71. The maximum absolute atomic E-state index is 13.2. The molecule has 2 aliphatic carbocycles. The first-order valence-corrected chi connectivity index (χ1v) is 7.89. The van der Waals surface area contributed by atoms with Crippen molar-refractivity contribution in [2.24, 2.45) is 41.4 Å². The van der Waals surface area contributed by atoms with E-state index in [0.29, 0.717) is 17.8 Å². The lowest BCUT2D eigenvalue weighted by molar-refractivity contribution is -0.230. The van der Waals surface area contributed by atoms with Gasteiger partial charge in [0, 0.05) is 0 Å². The van der Waals surface area contributed by atoms with Gasteiger partial charge in [0.05, 0.1) is 5.92 Å². The smallest absolute Gasteiger partial charge is 0.171 e. The quantitative estimate of drug-likeness (QED) is 0.598. The molecule has 0 N–H and O–H groups in total. The Balaban J connectivity index is 2.15. The molecule has 3 heteroatoms. The second kappa shape index (κ2) is 5.29. The number of halogens is 3. The van der Waals surface area contributed by atoms with E-state index < -0.39 is 12.1 Å². The van der Waals surface area contributed by atoms with E-state index in [2.05, 4.69) is 27.7 Å². The molecule has 0 bridgehead atoms. The Morgan fingerprint density at radius 3 is 2.16 bits per heavy atom. The molecular weight excluding hydrogens is 249 g/mol. The van der Waals surface area contributed by atoms with Crippen LogP contribution in [0.4, 0.5) is 13.2 Å². The van der Waals surface area contributed by atoms with Crippen molar-refractivity contribution in [1.82, 2.24) is 0 Å². The van der Waals surface area contributed by atoms with Crippen molar-refractivity contribution < 1.29 is 13.2 Å². The summed E-state index contributed by atoms with van der Waals surface area (Å²) in [6, 6.07) is 0. The van der Waals surface area contributed by atoms with E-state index in [1.54, 1.807) is 0 Å². The van der Waals surface area contributed by atoms with Gasteiger partial charge in [-0.3, -0.25) is 0 Å². The highest BCUT2D eigenvalue weighted by molar-refractivity contribution is 5.13. The van der Waals surface area contributed by atoms with Gasteiger partial charge in [-0.2, -0.15) is 13.2 Å². The largest absolute Gasteiger partial charge is 0.392 e. The molecule has 0 aromatic heterocycles. The van der Waals surface area contributed by atoms with Crippen molar-refractivity contribution in [3.63, 3.8) is 0 Å². The average Bonchev–Trinajstić information content (AvgIpc) is 2.94. The minimum Gasteiger partial charge on any atom is -0.171 e. The molecule has 0 spiro atoms. The van der Waals surface area contributed by atoms with Crippen molar-refractivity contribution in [2.75, 3.05) is 0 Å². The number of hydrogen-bond acceptors (Lipinski definition) is 0. The van der Waals surface area contributed by atoms with Gasteiger partial charge >= 0.3 is 6.18 Å². The maximum Gasteiger partial charge on any atom is 0.392 e. The van der Waals surface area contributed by atoms with Crippen LogP contribution in [0.25, 0.3) is 0 Å². The molecular formula is C16H27F3. The van der Waals surface area contributed by atoms with Crippen molar-refractivity contribution in [3.05, 3.63) is 0 Å². The molecule has 0 heterocycles. The summed E-state index contributed by atoms with van der Waals surface area (Å²) < 4.78 is 39.6. The van der Waals surface area contributed by atoms with Crippen molar-refractivity contribution >= 4 is 0 Å². The van der Waals surface area contributed by atoms with Gasteiger partial charge in [-0.05, 0) is 41.9 Å². The first-order valence-electron chi connectivity index (χ1n) is 7.89. The summed E-state index contributed by atoms with van der Waals surface area (Å²) in [5, 5.41) is 0. The summed E-state index contributed by atoms with van der Waals surface area (Å²) in [5.41, 5.74) is 0. The van der Waals surface area contributed by atoms with Crippen LogP contribution in [0.15, 0.2) is 0 Å². The van der Waals surface area contributed by atoms with Crippen LogP contribution in [0.3, 0.4) is 0 Å². The molecule has 2 saturated carbocycles. The predicted octanol–water partition coefficient (Wildman–Crippen LogP) is 5.53. The third-order valence-corrected chi connectivity index (χ3v) is 5.58. The van der Waals surface area contributed by atoms with Crippen LogP contribution in [0, 0.1) is 41.4 Å². The number of hydrogen-bond donors (Lipinski definition) is 0. The molecule has 6 atom stereocenters. The van der Waals surface area contributed by atoms with Crippen LogP contribution in [-0.4, -0.2) is 6.18 Å². The Bertz CT molecular complexity index is 308. The van der Waals surface area contributed by atoms with E-state index in [1.807, 2.05) is 0 Å². The summed E-state index contributed by atoms with van der Waals surface area (Å²) in [5.74, 6) is 0.405. The first-order chi connectivity index (χ1) is 8.82. The monoisotopic (exact) mass is 276 g/mol. The minimum atomic E-state index is -3.97. The zero-order chi connectivity index (χ0) is 14.4. The fraction of sp³-hybridized carbons (Fsp3) is 1.00. The number of alkyl halides is 3. The van der Waals surface area contributed by atoms with Gasteiger partial charge in [-0.25, -0.2) is 0 Å². The second-order valence-electron chi connectivity index (χ2n) is 6.99. The van der Waals surface area contributed by atoms with Gasteiger partial charge < -0.3 is 0 Å². The lowest BCUT2D eigenvalue weighted by Gasteiger charge is -2.47. The van der Waals surface area contributed by atoms with Crippen molar-refractivity contribution in [3.8, 4) is 0 Å². The van der Waals surface area contributed by atoms with E-state index in [1.165, 1.54) is 0 Å². The molecule has 2 rings (SSSR count). The number of rotatable bonds is 6. The first kappa shape index (κ1) is 15.2. The topological polar surface area (TPSA) is 0 Å². The Morgan fingerprint density at radius 2 is 1.74 bits per heavy atom. The summed E-state index contributed by atoms with van der Waals surface area (Å²) in [6.07, 6.45) is 0.0484. The van der Waals surface area contributed by atoms with Crippen LogP contribution < -0.4 is 0 Å². The van der Waals surface area contributed by atoms with Crippen LogP contribution in [0.5, 0.6) is 0 Å². The second-order valence-corrected chi connectivity index (χ2v) is 6.99. The molecule has 0 saturated heterocycles. The molecule has 2 aliphatic rings. The van der Waals surface area contributed by atoms with Gasteiger partial charge in [0.2, 0.25) is 0 Å². The lowest BCUT2D eigenvalue weighted by atomic mass is 9.59. The highest BCUT2D eigenvalue weighted by Gasteiger charge is 2.71. The molecule has 0 aliphatic heterocycles. The molecule has 6 unspecified atom stereocenters. The lowest BCUT2D eigenvalue weighted by Crippen LogP contribution is -2.48. The zero-order valence-electron chi connectivity index (χ0n) is 12.5. The minimum absolute atomic E-state index is 0.0228. The summed E-state index contributed by atoms with van der Waals surface area (Å²) in [6.45, 7) is 8.52. The van der Waals surface area contributed by atoms with E-state index in [-0.39, 0.29) is 17.8 Å². The van der Waals surface area contributed by atoms with Crippen LogP contribution in [-0.2, 0) is 0 Å². The number of fused-ring (bicyclic) bond motifs is 1. The zero-order valence-corrected chi connectivity index (χ0v) is 12.5. The van der Waals surface area contributed by atoms with Crippen LogP contribution in [0.1, 0.15) is 53.4 Å². The van der Waals surface area contributed by atoms with Crippen molar-refractivity contribution in [1.29, 1.82) is 0 Å². The van der Waals surface area contributed by atoms with Crippen molar-refractivity contribution in [2.45, 2.75) is 59.6 Å². The summed E-state index contributed by atoms with van der Waals surface area (Å²) >= 11 is 0. The normalized spacial score (nSPS) is 36.6. The standard InChI is InChI=1S/C16H27F3/c1-5-7-10(6-2)13(9(3)4)14-11-8-12(11)15(14)16(17,18)19/h9-15H,5-8H2,1-4H3. The summed E-state index contributed by atoms with van der Waals surface area (Å²) in [4.78, 5) is 0. The fourth-order valence-corrected chi connectivity index (χ4v) is 4.83. The molecule has 2 fully saturated rings. The maximum atomic E-state index is 13.2. The predicted molar refractivity (Wildman–Crippen MR) is 71.6 cm³/mol. The van der Waals surface area contributed by atoms with Crippen LogP contribution >= 0.6 is 0 Å². The van der Waals surface area contributed by atoms with Gasteiger partial charge in [-0.1, -0.05) is 47.0 Å². The molecule has 0 nitrogen and oxygen atoms in total. The Hall–Kier alpha value is -0.210. The van der Waals surface area contributed by atoms with Gasteiger partial charge in [0.25, 0.3) is 0 Å². The molecule has 0 radical (unpaired) electrons. The Kier molecular flexibility index (Phi) is 4.23. The molecule has 19 heavy (non-hydrogen) atoms. The average molecular weight is 276 g/mol. The van der Waals surface area contributed by atoms with Gasteiger partial charge in [0.1, 0.15) is 0 Å². The molecule has 112 valence electrons. The van der Waals surface area contributed by atoms with Crippen LogP contribution in [0.2, 0.25) is 0 Å². The SMILES string of the molecule is CCCC(CC)C(C(C)C)C1C2CC2C1C(F)(F)F. The highest BCUT2D eigenvalue weighted by atomic mass is 19.4. The molecule has 0 aromatic rings. The van der Waals surface area contributed by atoms with E-state index in [4.69, 9.17) is 0 Å². The third-order valence-electron chi connectivity index (χ3n) is 5.58. The summed E-state index contributed by atoms with van der Waals surface area (Å²) in [7, 11) is 0. The Morgan fingerprint density at radius 1 is 1.11 bits per heavy atom. The molecule has 0 amide bonds. The third kappa shape index (κ3) is 2.67. The fourth-order valence-electron chi connectivity index (χ4n) is 4.83. The molecule has 0 aromatic carbocycles. The van der Waals surface area contributed by atoms with Gasteiger partial charge in [-0.15, -0.1) is 0 Å².